The Morgan fingerprint density at radius 2 is 1.79 bits per heavy atom. The van der Waals surface area contributed by atoms with Gasteiger partial charge in [-0.3, -0.25) is 5.41 Å². The average Bonchev–Trinajstić information content (AvgIpc) is 2.38. The van der Waals surface area contributed by atoms with Crippen LogP contribution in [0.15, 0.2) is 18.2 Å². The van der Waals surface area contributed by atoms with Crippen LogP contribution in [0, 0.1) is 5.41 Å². The molecule has 1 saturated heterocycles. The molecule has 0 aromatic heterocycles. The molecule has 0 bridgehead atoms. The van der Waals surface area contributed by atoms with E-state index in [4.69, 9.17) is 11.1 Å². The van der Waals surface area contributed by atoms with Crippen molar-refractivity contribution in [1.82, 2.24) is 0 Å². The maximum absolute atomic E-state index is 12.8. The standard InChI is InChI=1S/C13H16F3N3/c14-13(15,16)11-5-4-9(8-10(11)12(17)18)19-6-2-1-3-7-19/h4-5,8H,1-3,6-7H2,(H3,17,18). The van der Waals surface area contributed by atoms with Crippen molar-refractivity contribution in [1.29, 1.82) is 5.41 Å². The highest BCUT2D eigenvalue weighted by molar-refractivity contribution is 5.97. The lowest BCUT2D eigenvalue weighted by molar-refractivity contribution is -0.137. The maximum Gasteiger partial charge on any atom is 0.417 e. The Kier molecular flexibility index (Phi) is 3.68. The normalized spacial score (nSPS) is 16.5. The molecule has 19 heavy (non-hydrogen) atoms. The van der Waals surface area contributed by atoms with Gasteiger partial charge >= 0.3 is 6.18 Å². The third kappa shape index (κ3) is 3.00. The van der Waals surface area contributed by atoms with Crippen molar-refractivity contribution in [2.45, 2.75) is 25.4 Å². The van der Waals surface area contributed by atoms with Gasteiger partial charge in [0.05, 0.1) is 5.56 Å². The highest BCUT2D eigenvalue weighted by Crippen LogP contribution is 2.34. The quantitative estimate of drug-likeness (QED) is 0.641. The number of rotatable bonds is 2. The number of nitrogens with two attached hydrogens (primary N) is 1. The van der Waals surface area contributed by atoms with Crippen LogP contribution in [0.5, 0.6) is 0 Å². The van der Waals surface area contributed by atoms with Gasteiger partial charge in [0, 0.05) is 24.3 Å². The van der Waals surface area contributed by atoms with E-state index in [-0.39, 0.29) is 5.56 Å². The molecule has 0 unspecified atom stereocenters. The summed E-state index contributed by atoms with van der Waals surface area (Å²) in [7, 11) is 0. The van der Waals surface area contributed by atoms with Crippen molar-refractivity contribution < 1.29 is 13.2 Å². The van der Waals surface area contributed by atoms with Crippen LogP contribution in [0.4, 0.5) is 18.9 Å². The van der Waals surface area contributed by atoms with Crippen LogP contribution in [0.25, 0.3) is 0 Å². The fourth-order valence-electron chi connectivity index (χ4n) is 2.35. The van der Waals surface area contributed by atoms with E-state index in [9.17, 15) is 13.2 Å². The van der Waals surface area contributed by atoms with Gasteiger partial charge in [0.25, 0.3) is 0 Å². The second kappa shape index (κ2) is 5.11. The predicted octanol–water partition coefficient (Wildman–Crippen LogP) is 2.98. The molecule has 0 saturated carbocycles. The van der Waals surface area contributed by atoms with Crippen molar-refractivity contribution in [2.24, 2.45) is 5.73 Å². The van der Waals surface area contributed by atoms with Gasteiger partial charge in [0.1, 0.15) is 5.84 Å². The molecule has 3 N–H and O–H groups in total. The van der Waals surface area contributed by atoms with Crippen LogP contribution in [0.1, 0.15) is 30.4 Å². The molecule has 0 spiro atoms. The molecular formula is C13H16F3N3. The molecule has 3 nitrogen and oxygen atoms in total. The minimum atomic E-state index is -4.48. The number of nitrogens with one attached hydrogen (secondary N) is 1. The SMILES string of the molecule is N=C(N)c1cc(N2CCCCC2)ccc1C(F)(F)F. The summed E-state index contributed by atoms with van der Waals surface area (Å²) >= 11 is 0. The second-order valence-electron chi connectivity index (χ2n) is 4.69. The summed E-state index contributed by atoms with van der Waals surface area (Å²) in [4.78, 5) is 2.04. The van der Waals surface area contributed by atoms with Crippen molar-refractivity contribution >= 4 is 11.5 Å². The van der Waals surface area contributed by atoms with E-state index < -0.39 is 17.6 Å². The average molecular weight is 271 g/mol. The zero-order valence-electron chi connectivity index (χ0n) is 10.4. The molecule has 1 fully saturated rings. The molecule has 0 amide bonds. The molecule has 0 radical (unpaired) electrons. The molecule has 1 aromatic rings. The van der Waals surface area contributed by atoms with Gasteiger partial charge in [-0.15, -0.1) is 0 Å². The van der Waals surface area contributed by atoms with Gasteiger partial charge in [-0.05, 0) is 37.5 Å². The van der Waals surface area contributed by atoms with E-state index in [0.29, 0.717) is 5.69 Å². The van der Waals surface area contributed by atoms with Crippen LogP contribution >= 0.6 is 0 Å². The number of halogens is 3. The van der Waals surface area contributed by atoms with Gasteiger partial charge in [-0.1, -0.05) is 0 Å². The fourth-order valence-corrected chi connectivity index (χ4v) is 2.35. The zero-order valence-corrected chi connectivity index (χ0v) is 10.4. The Bertz CT molecular complexity index is 477. The first-order valence-corrected chi connectivity index (χ1v) is 6.20. The first-order chi connectivity index (χ1) is 8.89. The van der Waals surface area contributed by atoms with Crippen LogP contribution in [0.3, 0.4) is 0 Å². The van der Waals surface area contributed by atoms with Gasteiger partial charge in [0.2, 0.25) is 0 Å². The molecule has 1 heterocycles. The van der Waals surface area contributed by atoms with Gasteiger partial charge in [-0.25, -0.2) is 0 Å². The number of hydrogen-bond donors (Lipinski definition) is 2. The molecule has 0 atom stereocenters. The number of piperidine rings is 1. The van der Waals surface area contributed by atoms with E-state index in [1.165, 1.54) is 12.1 Å². The third-order valence-corrected chi connectivity index (χ3v) is 3.32. The van der Waals surface area contributed by atoms with Gasteiger partial charge in [0.15, 0.2) is 0 Å². The monoisotopic (exact) mass is 271 g/mol. The van der Waals surface area contributed by atoms with E-state index >= 15 is 0 Å². The van der Waals surface area contributed by atoms with Crippen LogP contribution in [-0.2, 0) is 6.18 Å². The van der Waals surface area contributed by atoms with Crippen molar-refractivity contribution in [3.05, 3.63) is 29.3 Å². The van der Waals surface area contributed by atoms with E-state index in [2.05, 4.69) is 0 Å². The van der Waals surface area contributed by atoms with E-state index in [0.717, 1.165) is 38.4 Å². The Morgan fingerprint density at radius 3 is 2.32 bits per heavy atom. The summed E-state index contributed by atoms with van der Waals surface area (Å²) in [6, 6.07) is 3.84. The minimum absolute atomic E-state index is 0.240. The number of benzene rings is 1. The number of anilines is 1. The van der Waals surface area contributed by atoms with Crippen molar-refractivity contribution in [2.75, 3.05) is 18.0 Å². The number of alkyl halides is 3. The molecule has 0 aliphatic carbocycles. The first-order valence-electron chi connectivity index (χ1n) is 6.20. The van der Waals surface area contributed by atoms with Crippen molar-refractivity contribution in [3.63, 3.8) is 0 Å². The lowest BCUT2D eigenvalue weighted by Gasteiger charge is -2.29. The summed E-state index contributed by atoms with van der Waals surface area (Å²) in [6.45, 7) is 1.67. The largest absolute Gasteiger partial charge is 0.417 e. The predicted molar refractivity (Wildman–Crippen MR) is 68.5 cm³/mol. The molecule has 104 valence electrons. The molecule has 2 rings (SSSR count). The molecule has 1 aliphatic rings. The summed E-state index contributed by atoms with van der Waals surface area (Å²) in [5, 5.41) is 7.33. The van der Waals surface area contributed by atoms with Crippen molar-refractivity contribution in [3.8, 4) is 0 Å². The highest BCUT2D eigenvalue weighted by Gasteiger charge is 2.34. The van der Waals surface area contributed by atoms with E-state index in [1.807, 2.05) is 4.90 Å². The summed E-state index contributed by atoms with van der Waals surface area (Å²) in [5.41, 5.74) is 4.89. The Labute approximate surface area is 109 Å². The zero-order chi connectivity index (χ0) is 14.0. The minimum Gasteiger partial charge on any atom is -0.384 e. The molecule has 1 aliphatic heterocycles. The van der Waals surface area contributed by atoms with E-state index in [1.54, 1.807) is 0 Å². The second-order valence-corrected chi connectivity index (χ2v) is 4.69. The lowest BCUT2D eigenvalue weighted by Crippen LogP contribution is -2.30. The first kappa shape index (κ1) is 13.7. The smallest absolute Gasteiger partial charge is 0.384 e. The third-order valence-electron chi connectivity index (χ3n) is 3.32. The number of nitrogen functional groups attached to an aromatic ring is 1. The summed E-state index contributed by atoms with van der Waals surface area (Å²) < 4.78 is 38.5. The molecule has 6 heteroatoms. The fraction of sp³-hybridized carbons (Fsp3) is 0.462. The Morgan fingerprint density at radius 1 is 1.16 bits per heavy atom. The molecule has 1 aromatic carbocycles. The maximum atomic E-state index is 12.8. The van der Waals surface area contributed by atoms with Crippen LogP contribution in [0.2, 0.25) is 0 Å². The highest BCUT2D eigenvalue weighted by atomic mass is 19.4. The Balaban J connectivity index is 2.38. The topological polar surface area (TPSA) is 53.1 Å². The van der Waals surface area contributed by atoms with Crippen LogP contribution < -0.4 is 10.6 Å². The lowest BCUT2D eigenvalue weighted by atomic mass is 10.0. The number of nitrogens with zero attached hydrogens (tertiary/aromatic N) is 1. The Hall–Kier alpha value is -1.72. The summed E-state index contributed by atoms with van der Waals surface area (Å²) in [5.74, 6) is -0.550. The summed E-state index contributed by atoms with van der Waals surface area (Å²) in [6.07, 6.45) is -1.26. The number of amidine groups is 1. The van der Waals surface area contributed by atoms with Gasteiger partial charge in [-0.2, -0.15) is 13.2 Å². The van der Waals surface area contributed by atoms with Gasteiger partial charge < -0.3 is 10.6 Å². The van der Waals surface area contributed by atoms with Crippen LogP contribution in [-0.4, -0.2) is 18.9 Å². The molecular weight excluding hydrogens is 255 g/mol. The number of hydrogen-bond acceptors (Lipinski definition) is 2.